The standard InChI is InChI=1S/C44H86NO8P/c1-6-8-10-12-14-16-18-20-21-22-23-24-25-27-29-31-33-35-37-44(47)53-42(41-52-54(48,49)51-39-38-45(3,4)5)40-50-43(46)36-34-32-30-28-26-19-17-15-13-11-9-7-2/h21-22,42H,6-20,23-41H2,1-5H3/p+1/b22-21-. The molecule has 0 aromatic rings. The van der Waals surface area contributed by atoms with Gasteiger partial charge in [0.1, 0.15) is 19.8 Å². The van der Waals surface area contributed by atoms with Crippen LogP contribution in [0.25, 0.3) is 0 Å². The summed E-state index contributed by atoms with van der Waals surface area (Å²) in [4.78, 5) is 35.3. The number of likely N-dealkylation sites (N-methyl/N-ethyl adjacent to an activating group) is 1. The predicted octanol–water partition coefficient (Wildman–Crippen LogP) is 12.6. The van der Waals surface area contributed by atoms with E-state index < -0.39 is 26.5 Å². The number of rotatable bonds is 41. The number of esters is 2. The zero-order chi connectivity index (χ0) is 40.0. The lowest BCUT2D eigenvalue weighted by atomic mass is 10.0. The highest BCUT2D eigenvalue weighted by Crippen LogP contribution is 2.43. The van der Waals surface area contributed by atoms with Gasteiger partial charge in [0, 0.05) is 12.8 Å². The molecule has 0 rings (SSSR count). The van der Waals surface area contributed by atoms with Crippen LogP contribution in [0.5, 0.6) is 0 Å². The van der Waals surface area contributed by atoms with Crippen LogP contribution in [0, 0.1) is 0 Å². The summed E-state index contributed by atoms with van der Waals surface area (Å²) in [6, 6.07) is 0. The lowest BCUT2D eigenvalue weighted by molar-refractivity contribution is -0.870. The van der Waals surface area contributed by atoms with Crippen molar-refractivity contribution >= 4 is 19.8 Å². The van der Waals surface area contributed by atoms with E-state index in [4.69, 9.17) is 18.5 Å². The number of carbonyl (C=O) groups is 2. The Morgan fingerprint density at radius 1 is 0.556 bits per heavy atom. The molecule has 0 fully saturated rings. The third-order valence-electron chi connectivity index (χ3n) is 9.80. The van der Waals surface area contributed by atoms with Gasteiger partial charge in [0.05, 0.1) is 27.7 Å². The van der Waals surface area contributed by atoms with Crippen molar-refractivity contribution in [3.05, 3.63) is 12.2 Å². The minimum absolute atomic E-state index is 0.0339. The number of nitrogens with zero attached hydrogens (tertiary/aromatic N) is 1. The molecule has 1 N–H and O–H groups in total. The van der Waals surface area contributed by atoms with Gasteiger partial charge in [-0.2, -0.15) is 0 Å². The number of quaternary nitrogens is 1. The summed E-state index contributed by atoms with van der Waals surface area (Å²) >= 11 is 0. The molecule has 0 aliphatic heterocycles. The van der Waals surface area contributed by atoms with E-state index in [9.17, 15) is 19.0 Å². The quantitative estimate of drug-likeness (QED) is 0.0214. The first-order valence-electron chi connectivity index (χ1n) is 22.4. The van der Waals surface area contributed by atoms with Crippen LogP contribution in [-0.2, 0) is 32.7 Å². The molecule has 0 heterocycles. The minimum atomic E-state index is -4.37. The Labute approximate surface area is 333 Å². The summed E-state index contributed by atoms with van der Waals surface area (Å²) in [5, 5.41) is 0. The molecule has 0 saturated carbocycles. The minimum Gasteiger partial charge on any atom is -0.462 e. The fourth-order valence-electron chi connectivity index (χ4n) is 6.24. The van der Waals surface area contributed by atoms with E-state index in [1.54, 1.807) is 0 Å². The number of allylic oxidation sites excluding steroid dienone is 2. The second kappa shape index (κ2) is 37.3. The van der Waals surface area contributed by atoms with Crippen molar-refractivity contribution in [2.24, 2.45) is 0 Å². The number of carbonyl (C=O) groups excluding carboxylic acids is 2. The van der Waals surface area contributed by atoms with Gasteiger partial charge < -0.3 is 18.9 Å². The van der Waals surface area contributed by atoms with Crippen molar-refractivity contribution < 1.29 is 42.1 Å². The molecule has 9 nitrogen and oxygen atoms in total. The first-order valence-corrected chi connectivity index (χ1v) is 23.9. The second-order valence-corrected chi connectivity index (χ2v) is 17.9. The maximum absolute atomic E-state index is 12.7. The highest BCUT2D eigenvalue weighted by molar-refractivity contribution is 7.47. The largest absolute Gasteiger partial charge is 0.472 e. The summed E-state index contributed by atoms with van der Waals surface area (Å²) in [7, 11) is 1.48. The van der Waals surface area contributed by atoms with Crippen molar-refractivity contribution in [3.63, 3.8) is 0 Å². The highest BCUT2D eigenvalue weighted by Gasteiger charge is 2.27. The van der Waals surface area contributed by atoms with Crippen molar-refractivity contribution in [1.29, 1.82) is 0 Å². The van der Waals surface area contributed by atoms with Crippen molar-refractivity contribution in [1.82, 2.24) is 0 Å². The molecule has 0 bridgehead atoms. The van der Waals surface area contributed by atoms with Crippen LogP contribution in [0.1, 0.15) is 206 Å². The Morgan fingerprint density at radius 2 is 0.944 bits per heavy atom. The third-order valence-corrected chi connectivity index (χ3v) is 10.8. The highest BCUT2D eigenvalue weighted by atomic mass is 31.2. The Kier molecular flexibility index (Phi) is 36.5. The summed E-state index contributed by atoms with van der Waals surface area (Å²) in [5.74, 6) is -0.795. The van der Waals surface area contributed by atoms with E-state index >= 15 is 0 Å². The van der Waals surface area contributed by atoms with Gasteiger partial charge in [-0.05, 0) is 38.5 Å². The summed E-state index contributed by atoms with van der Waals surface area (Å²) in [6.45, 7) is 4.43. The molecule has 0 amide bonds. The van der Waals surface area contributed by atoms with Gasteiger partial charge in [-0.15, -0.1) is 0 Å². The molecule has 2 unspecified atom stereocenters. The lowest BCUT2D eigenvalue weighted by Crippen LogP contribution is -2.37. The molecule has 54 heavy (non-hydrogen) atoms. The Hall–Kier alpha value is -1.25. The Bertz CT molecular complexity index is 938. The molecule has 0 spiro atoms. The lowest BCUT2D eigenvalue weighted by Gasteiger charge is -2.24. The van der Waals surface area contributed by atoms with Crippen LogP contribution >= 0.6 is 7.82 Å². The molecule has 0 aliphatic rings. The smallest absolute Gasteiger partial charge is 0.462 e. The van der Waals surface area contributed by atoms with Crippen LogP contribution < -0.4 is 0 Å². The van der Waals surface area contributed by atoms with Gasteiger partial charge in [-0.3, -0.25) is 18.6 Å². The number of phosphoric acid groups is 1. The number of hydrogen-bond donors (Lipinski definition) is 1. The van der Waals surface area contributed by atoms with Crippen molar-refractivity contribution in [2.45, 2.75) is 213 Å². The third kappa shape index (κ3) is 40.4. The summed E-state index contributed by atoms with van der Waals surface area (Å²) in [6.07, 6.45) is 38.2. The second-order valence-electron chi connectivity index (χ2n) is 16.4. The topological polar surface area (TPSA) is 108 Å². The van der Waals surface area contributed by atoms with E-state index in [2.05, 4.69) is 26.0 Å². The molecule has 0 aromatic carbocycles. The molecule has 0 saturated heterocycles. The number of hydrogen-bond acceptors (Lipinski definition) is 7. The molecular formula is C44H87NO8P+. The zero-order valence-electron chi connectivity index (χ0n) is 36.0. The first kappa shape index (κ1) is 52.8. The van der Waals surface area contributed by atoms with Crippen LogP contribution in [0.2, 0.25) is 0 Å². The average molecular weight is 789 g/mol. The maximum Gasteiger partial charge on any atom is 0.472 e. The number of ether oxygens (including phenoxy) is 2. The van der Waals surface area contributed by atoms with Gasteiger partial charge in [0.15, 0.2) is 6.10 Å². The van der Waals surface area contributed by atoms with E-state index in [1.165, 1.54) is 128 Å². The molecule has 0 aliphatic carbocycles. The predicted molar refractivity (Wildman–Crippen MR) is 224 cm³/mol. The maximum atomic E-state index is 12.7. The average Bonchev–Trinajstić information content (AvgIpc) is 3.12. The number of unbranched alkanes of at least 4 members (excludes halogenated alkanes) is 25. The van der Waals surface area contributed by atoms with Gasteiger partial charge in [0.25, 0.3) is 0 Å². The van der Waals surface area contributed by atoms with Crippen molar-refractivity contribution in [2.75, 3.05) is 47.5 Å². The van der Waals surface area contributed by atoms with Crippen LogP contribution in [0.4, 0.5) is 0 Å². The molecule has 0 aromatic heterocycles. The Morgan fingerprint density at radius 3 is 1.37 bits per heavy atom. The SMILES string of the molecule is CCCCCCCCC/C=C\CCCCCCCCCC(=O)OC(COC(=O)CCCCCCCCCCCCCC)COP(=O)(O)OCC[N+](C)(C)C. The van der Waals surface area contributed by atoms with Crippen LogP contribution in [-0.4, -0.2) is 74.9 Å². The van der Waals surface area contributed by atoms with Crippen LogP contribution in [0.15, 0.2) is 12.2 Å². The monoisotopic (exact) mass is 789 g/mol. The first-order chi connectivity index (χ1) is 26.0. The fraction of sp³-hybridized carbons (Fsp3) is 0.909. The Balaban J connectivity index is 4.31. The van der Waals surface area contributed by atoms with E-state index in [0.717, 1.165) is 44.9 Å². The number of phosphoric ester groups is 1. The van der Waals surface area contributed by atoms with E-state index in [1.807, 2.05) is 21.1 Å². The van der Waals surface area contributed by atoms with E-state index in [-0.39, 0.29) is 25.6 Å². The molecule has 320 valence electrons. The van der Waals surface area contributed by atoms with Gasteiger partial charge >= 0.3 is 19.8 Å². The van der Waals surface area contributed by atoms with Gasteiger partial charge in [0.2, 0.25) is 0 Å². The zero-order valence-corrected chi connectivity index (χ0v) is 36.9. The van der Waals surface area contributed by atoms with E-state index in [0.29, 0.717) is 23.9 Å². The van der Waals surface area contributed by atoms with Gasteiger partial charge in [-0.1, -0.05) is 167 Å². The molecular weight excluding hydrogens is 701 g/mol. The molecule has 2 atom stereocenters. The van der Waals surface area contributed by atoms with Crippen LogP contribution in [0.3, 0.4) is 0 Å². The molecule has 10 heteroatoms. The fourth-order valence-corrected chi connectivity index (χ4v) is 6.99. The van der Waals surface area contributed by atoms with Crippen molar-refractivity contribution in [3.8, 4) is 0 Å². The van der Waals surface area contributed by atoms with Gasteiger partial charge in [-0.25, -0.2) is 4.57 Å². The normalized spacial score (nSPS) is 13.7. The summed E-state index contributed by atoms with van der Waals surface area (Å²) < 4.78 is 34.3. The summed E-state index contributed by atoms with van der Waals surface area (Å²) in [5.41, 5.74) is 0. The molecule has 0 radical (unpaired) electrons.